The van der Waals surface area contributed by atoms with Gasteiger partial charge >= 0.3 is 5.97 Å². The van der Waals surface area contributed by atoms with Gasteiger partial charge in [-0.2, -0.15) is 0 Å². The maximum absolute atomic E-state index is 14.2. The zero-order valence-electron chi connectivity index (χ0n) is 27.8. The van der Waals surface area contributed by atoms with Crippen molar-refractivity contribution in [3.8, 4) is 0 Å². The average Bonchev–Trinajstić information content (AvgIpc) is 3.35. The lowest BCUT2D eigenvalue weighted by molar-refractivity contribution is -0.137. The maximum atomic E-state index is 14.2. The maximum Gasteiger partial charge on any atom is 0.303 e. The number of hydrogen-bond donors (Lipinski definition) is 1. The van der Waals surface area contributed by atoms with Gasteiger partial charge in [-0.25, -0.2) is 4.98 Å². The zero-order chi connectivity index (χ0) is 32.4. The van der Waals surface area contributed by atoms with Gasteiger partial charge < -0.3 is 19.3 Å². The molecule has 2 saturated heterocycles. The number of amides is 1. The molecule has 1 amide bonds. The quantitative estimate of drug-likeness (QED) is 0.227. The zero-order valence-corrected chi connectivity index (χ0v) is 27.8. The molecule has 0 aliphatic carbocycles. The molecule has 2 aromatic carbocycles. The number of para-hydroxylation sites is 1. The summed E-state index contributed by atoms with van der Waals surface area (Å²) in [5, 5.41) is 11.5. The van der Waals surface area contributed by atoms with Gasteiger partial charge in [0.15, 0.2) is 0 Å². The Morgan fingerprint density at radius 2 is 1.67 bits per heavy atom. The van der Waals surface area contributed by atoms with Gasteiger partial charge in [0.2, 0.25) is 5.91 Å². The molecule has 1 N–H and O–H groups in total. The van der Waals surface area contributed by atoms with Crippen LogP contribution in [0.2, 0.25) is 0 Å². The number of fused-ring (bicyclic) bond motifs is 3. The summed E-state index contributed by atoms with van der Waals surface area (Å²) in [6, 6.07) is 17.1. The van der Waals surface area contributed by atoms with Crippen LogP contribution in [0.3, 0.4) is 0 Å². The standard InChI is InChI=1S/C38H48N4O4/c1-25(2)23-40-17-19-41(20-18-40)38(45)36(30-15-21-46-22-16-30)29-11-9-28(10-12-29)24-42-33-8-6-5-7-32(33)35-26(3)31(13-14-34(43)44)27(4)39-37(35)42/h5-12,25,30,36H,13-24H2,1-4H3,(H,43,44)/t36-/m1/s1. The summed E-state index contributed by atoms with van der Waals surface area (Å²) in [6.07, 6.45) is 2.38. The van der Waals surface area contributed by atoms with Crippen molar-refractivity contribution < 1.29 is 19.4 Å². The highest BCUT2D eigenvalue weighted by atomic mass is 16.5. The van der Waals surface area contributed by atoms with E-state index in [4.69, 9.17) is 9.72 Å². The van der Waals surface area contributed by atoms with Gasteiger partial charge in [0.25, 0.3) is 0 Å². The number of carbonyl (C=O) groups is 2. The summed E-state index contributed by atoms with van der Waals surface area (Å²) in [5.41, 5.74) is 7.29. The van der Waals surface area contributed by atoms with Crippen LogP contribution in [0.1, 0.15) is 67.0 Å². The highest BCUT2D eigenvalue weighted by Gasteiger charge is 2.35. The first-order valence-electron chi connectivity index (χ1n) is 17.0. The third-order valence-corrected chi connectivity index (χ3v) is 10.1. The Bertz CT molecular complexity index is 1700. The second-order valence-electron chi connectivity index (χ2n) is 13.7. The number of ether oxygens (including phenoxy) is 1. The lowest BCUT2D eigenvalue weighted by atomic mass is 9.80. The number of pyridine rings is 1. The molecule has 4 heterocycles. The third kappa shape index (κ3) is 6.69. The number of carbonyl (C=O) groups excluding carboxylic acids is 1. The highest BCUT2D eigenvalue weighted by molar-refractivity contribution is 6.08. The van der Waals surface area contributed by atoms with E-state index < -0.39 is 5.97 Å². The van der Waals surface area contributed by atoms with Crippen LogP contribution >= 0.6 is 0 Å². The summed E-state index contributed by atoms with van der Waals surface area (Å²) >= 11 is 0. The van der Waals surface area contributed by atoms with E-state index in [-0.39, 0.29) is 24.2 Å². The second-order valence-corrected chi connectivity index (χ2v) is 13.7. The van der Waals surface area contributed by atoms with Gasteiger partial charge in [0.05, 0.1) is 11.4 Å². The third-order valence-electron chi connectivity index (χ3n) is 10.1. The van der Waals surface area contributed by atoms with E-state index in [1.807, 2.05) is 6.92 Å². The first-order chi connectivity index (χ1) is 22.2. The molecule has 2 fully saturated rings. The number of hydrogen-bond acceptors (Lipinski definition) is 5. The Balaban J connectivity index is 1.28. The fourth-order valence-electron chi connectivity index (χ4n) is 7.73. The van der Waals surface area contributed by atoms with Crippen molar-refractivity contribution in [2.45, 2.75) is 65.8 Å². The minimum absolute atomic E-state index is 0.0889. The largest absolute Gasteiger partial charge is 0.481 e. The summed E-state index contributed by atoms with van der Waals surface area (Å²) in [4.78, 5) is 35.1. The minimum Gasteiger partial charge on any atom is -0.481 e. The number of piperazine rings is 1. The SMILES string of the molecule is Cc1nc2c(c(C)c1CCC(=O)O)c1ccccc1n2Cc1ccc([C@@H](C(=O)N2CCN(CC(C)C)CC2)C2CCOCC2)cc1. The molecule has 0 spiro atoms. The smallest absolute Gasteiger partial charge is 0.303 e. The van der Waals surface area contributed by atoms with Gasteiger partial charge in [-0.15, -0.1) is 0 Å². The number of nitrogens with zero attached hydrogens (tertiary/aromatic N) is 4. The molecule has 244 valence electrons. The highest BCUT2D eigenvalue weighted by Crippen LogP contribution is 2.36. The molecule has 0 radical (unpaired) electrons. The van der Waals surface area contributed by atoms with Crippen LogP contribution in [0.5, 0.6) is 0 Å². The van der Waals surface area contributed by atoms with Crippen LogP contribution in [0.15, 0.2) is 48.5 Å². The van der Waals surface area contributed by atoms with E-state index in [0.717, 1.165) is 95.4 Å². The van der Waals surface area contributed by atoms with Gasteiger partial charge in [-0.1, -0.05) is 56.3 Å². The Labute approximate surface area is 272 Å². The van der Waals surface area contributed by atoms with Crippen molar-refractivity contribution >= 4 is 33.8 Å². The summed E-state index contributed by atoms with van der Waals surface area (Å²) in [7, 11) is 0. The van der Waals surface area contributed by atoms with E-state index in [0.29, 0.717) is 32.1 Å². The fraction of sp³-hybridized carbons (Fsp3) is 0.500. The molecule has 8 nitrogen and oxygen atoms in total. The summed E-state index contributed by atoms with van der Waals surface area (Å²) < 4.78 is 7.97. The number of aromatic nitrogens is 2. The molecule has 2 aromatic heterocycles. The van der Waals surface area contributed by atoms with E-state index in [2.05, 4.69) is 83.7 Å². The first kappa shape index (κ1) is 32.2. The van der Waals surface area contributed by atoms with Crippen molar-refractivity contribution in [2.24, 2.45) is 11.8 Å². The summed E-state index contributed by atoms with van der Waals surface area (Å²) in [5.74, 6) is 0.223. The van der Waals surface area contributed by atoms with E-state index in [1.54, 1.807) is 0 Å². The van der Waals surface area contributed by atoms with Crippen LogP contribution in [-0.4, -0.2) is 82.3 Å². The topological polar surface area (TPSA) is 87.9 Å². The van der Waals surface area contributed by atoms with E-state index >= 15 is 0 Å². The van der Waals surface area contributed by atoms with Gasteiger partial charge in [-0.05, 0) is 73.3 Å². The molecule has 2 aliphatic rings. The van der Waals surface area contributed by atoms with Crippen LogP contribution in [0, 0.1) is 25.7 Å². The molecular formula is C38H48N4O4. The molecular weight excluding hydrogens is 576 g/mol. The van der Waals surface area contributed by atoms with Crippen LogP contribution in [0.25, 0.3) is 21.9 Å². The molecule has 0 unspecified atom stereocenters. The number of carboxylic acids is 1. The van der Waals surface area contributed by atoms with Crippen molar-refractivity contribution in [1.29, 1.82) is 0 Å². The Morgan fingerprint density at radius 1 is 0.978 bits per heavy atom. The fourth-order valence-corrected chi connectivity index (χ4v) is 7.73. The average molecular weight is 625 g/mol. The Kier molecular flexibility index (Phi) is 9.76. The lowest BCUT2D eigenvalue weighted by Crippen LogP contribution is -2.51. The molecule has 0 saturated carbocycles. The van der Waals surface area contributed by atoms with Crippen molar-refractivity contribution in [2.75, 3.05) is 45.9 Å². The number of rotatable bonds is 10. The molecule has 1 atom stereocenters. The Morgan fingerprint density at radius 3 is 2.35 bits per heavy atom. The predicted molar refractivity (Wildman–Crippen MR) is 182 cm³/mol. The lowest BCUT2D eigenvalue weighted by Gasteiger charge is -2.39. The van der Waals surface area contributed by atoms with Crippen LogP contribution < -0.4 is 0 Å². The van der Waals surface area contributed by atoms with Crippen molar-refractivity contribution in [3.63, 3.8) is 0 Å². The molecule has 2 aliphatic heterocycles. The summed E-state index contributed by atoms with van der Waals surface area (Å²) in [6.45, 7) is 15.2. The van der Waals surface area contributed by atoms with Crippen molar-refractivity contribution in [1.82, 2.24) is 19.4 Å². The van der Waals surface area contributed by atoms with Gasteiger partial charge in [0.1, 0.15) is 5.65 Å². The molecule has 0 bridgehead atoms. The van der Waals surface area contributed by atoms with Gasteiger partial charge in [0, 0.05) is 75.4 Å². The minimum atomic E-state index is -0.797. The van der Waals surface area contributed by atoms with Crippen LogP contribution in [-0.2, 0) is 27.3 Å². The molecule has 6 rings (SSSR count). The van der Waals surface area contributed by atoms with E-state index in [9.17, 15) is 14.7 Å². The predicted octanol–water partition coefficient (Wildman–Crippen LogP) is 6.18. The number of aryl methyl sites for hydroxylation is 2. The van der Waals surface area contributed by atoms with Crippen molar-refractivity contribution in [3.05, 3.63) is 76.5 Å². The number of aliphatic carboxylic acids is 1. The monoisotopic (exact) mass is 624 g/mol. The molecule has 8 heteroatoms. The normalized spacial score (nSPS) is 17.3. The van der Waals surface area contributed by atoms with Gasteiger partial charge in [-0.3, -0.25) is 14.5 Å². The first-order valence-corrected chi connectivity index (χ1v) is 17.0. The second kappa shape index (κ2) is 13.9. The molecule has 46 heavy (non-hydrogen) atoms. The number of carboxylic acid groups (broad SMARTS) is 1. The van der Waals surface area contributed by atoms with E-state index in [1.165, 1.54) is 0 Å². The number of benzene rings is 2. The van der Waals surface area contributed by atoms with Crippen LogP contribution in [0.4, 0.5) is 0 Å². The molecule has 4 aromatic rings. The Hall–Kier alpha value is -3.75.